The molecule has 16 heteroatoms. The third kappa shape index (κ3) is 16.6. The number of pyridine rings is 4. The van der Waals surface area contributed by atoms with Crippen molar-refractivity contribution in [3.05, 3.63) is 145 Å². The zero-order valence-corrected chi connectivity index (χ0v) is 47.9. The van der Waals surface area contributed by atoms with Crippen molar-refractivity contribution in [2.24, 2.45) is 0 Å². The highest BCUT2D eigenvalue weighted by atomic mass is 16.4. The molecule has 16 nitrogen and oxygen atoms in total. The van der Waals surface area contributed by atoms with Crippen LogP contribution in [-0.2, 0) is 45.4 Å². The SMILES string of the molecule is O=C(O)CCCCCC[n+]1cccc(-c2c3nc(c(-c4ccc[n+](CCCCCCC(=O)O)c4)c4ccc([nH]4)c(-c4ccc[n+](CCCCCCC(=O)O)c4)c4ccc([nH]4)c(-c4ccc[n+](CCCCCCC(=O)O)c4)c4nc2C=C4)C=C3)c1. The van der Waals surface area contributed by atoms with Crippen molar-refractivity contribution in [1.82, 2.24) is 19.9 Å². The Bertz CT molecular complexity index is 3540. The van der Waals surface area contributed by atoms with Crippen LogP contribution >= 0.6 is 0 Å². The number of fused-ring (bicyclic) bond motifs is 8. The fraction of sp³-hybridized carbons (Fsp3) is 0.353. The van der Waals surface area contributed by atoms with Gasteiger partial charge in [0, 0.05) is 137 Å². The van der Waals surface area contributed by atoms with Crippen LogP contribution in [0.25, 0.3) is 90.9 Å². The van der Waals surface area contributed by atoms with Crippen LogP contribution < -0.4 is 18.3 Å². The van der Waals surface area contributed by atoms with Crippen LogP contribution in [0.15, 0.2) is 122 Å². The lowest BCUT2D eigenvalue weighted by Crippen LogP contribution is -2.32. The van der Waals surface area contributed by atoms with Gasteiger partial charge in [0.25, 0.3) is 0 Å². The Morgan fingerprint density at radius 2 is 0.571 bits per heavy atom. The number of rotatable bonds is 32. The van der Waals surface area contributed by atoms with Gasteiger partial charge < -0.3 is 30.4 Å². The molecule has 0 aliphatic carbocycles. The Hall–Kier alpha value is -8.92. The lowest BCUT2D eigenvalue weighted by molar-refractivity contribution is -0.697. The molecule has 0 saturated heterocycles. The number of carbonyl (C=O) groups is 4. The summed E-state index contributed by atoms with van der Waals surface area (Å²) in [6.45, 7) is 3.07. The summed E-state index contributed by atoms with van der Waals surface area (Å²) in [5.41, 5.74) is 14.2. The minimum Gasteiger partial charge on any atom is -0.481 e. The fourth-order valence-corrected chi connectivity index (χ4v) is 11.4. The first kappa shape index (κ1) is 59.7. The molecule has 434 valence electrons. The second-order valence-electron chi connectivity index (χ2n) is 22.1. The molecule has 0 spiro atoms. The second kappa shape index (κ2) is 29.9. The molecule has 9 rings (SSSR count). The molecule has 7 aromatic heterocycles. The number of aliphatic carboxylic acids is 4. The fourth-order valence-electron chi connectivity index (χ4n) is 11.4. The van der Waals surface area contributed by atoms with E-state index in [-0.39, 0.29) is 25.7 Å². The molecule has 0 saturated carbocycles. The molecule has 9 heterocycles. The third-order valence-corrected chi connectivity index (χ3v) is 15.6. The van der Waals surface area contributed by atoms with E-state index >= 15 is 0 Å². The van der Waals surface area contributed by atoms with Gasteiger partial charge >= 0.3 is 23.9 Å². The van der Waals surface area contributed by atoms with Gasteiger partial charge in [-0.05, 0) is 124 Å². The molecule has 0 fully saturated rings. The van der Waals surface area contributed by atoms with Gasteiger partial charge in [-0.2, -0.15) is 0 Å². The Kier molecular flexibility index (Phi) is 21.2. The minimum absolute atomic E-state index is 0.178. The van der Waals surface area contributed by atoms with Gasteiger partial charge in [0.05, 0.1) is 28.3 Å². The molecular weight excluding hydrogens is 1060 g/mol. The Balaban J connectivity index is 1.23. The average molecular weight is 1140 g/mol. The van der Waals surface area contributed by atoms with Gasteiger partial charge in [-0.15, -0.1) is 0 Å². The van der Waals surface area contributed by atoms with E-state index in [1.165, 1.54) is 0 Å². The zero-order valence-electron chi connectivity index (χ0n) is 47.9. The summed E-state index contributed by atoms with van der Waals surface area (Å²) in [6.07, 6.45) is 39.5. The summed E-state index contributed by atoms with van der Waals surface area (Å²) in [5.74, 6) is -3.05. The first-order chi connectivity index (χ1) is 40.9. The molecule has 2 aliphatic heterocycles. The van der Waals surface area contributed by atoms with E-state index in [1.807, 2.05) is 0 Å². The van der Waals surface area contributed by atoms with Gasteiger partial charge in [-0.1, -0.05) is 25.7 Å². The Morgan fingerprint density at radius 3 is 0.869 bits per heavy atom. The maximum atomic E-state index is 11.2. The van der Waals surface area contributed by atoms with Gasteiger partial charge in [0.1, 0.15) is 26.2 Å². The smallest absolute Gasteiger partial charge is 0.303 e. The van der Waals surface area contributed by atoms with Gasteiger partial charge in [0.2, 0.25) is 0 Å². The molecular formula is C68H78N8O8+4. The number of hydrogen-bond donors (Lipinski definition) is 6. The van der Waals surface area contributed by atoms with E-state index in [0.29, 0.717) is 25.7 Å². The Labute approximate surface area is 490 Å². The van der Waals surface area contributed by atoms with Crippen LogP contribution in [0.4, 0.5) is 0 Å². The van der Waals surface area contributed by atoms with E-state index in [2.05, 4.69) is 175 Å². The molecule has 0 aromatic carbocycles. The molecule has 0 radical (unpaired) electrons. The summed E-state index contributed by atoms with van der Waals surface area (Å²) in [7, 11) is 0. The molecule has 0 amide bonds. The highest BCUT2D eigenvalue weighted by Crippen LogP contribution is 2.38. The van der Waals surface area contributed by atoms with E-state index in [1.54, 1.807) is 0 Å². The number of carboxylic acids is 4. The van der Waals surface area contributed by atoms with E-state index in [9.17, 15) is 39.6 Å². The minimum atomic E-state index is -0.765. The normalized spacial score (nSPS) is 11.8. The summed E-state index contributed by atoms with van der Waals surface area (Å²) >= 11 is 0. The molecule has 8 bridgehead atoms. The van der Waals surface area contributed by atoms with Crippen molar-refractivity contribution in [2.45, 2.75) is 155 Å². The molecule has 0 atom stereocenters. The number of H-pyrrole nitrogens is 2. The molecule has 84 heavy (non-hydrogen) atoms. The lowest BCUT2D eigenvalue weighted by Gasteiger charge is -2.07. The van der Waals surface area contributed by atoms with E-state index < -0.39 is 23.9 Å². The second-order valence-corrected chi connectivity index (χ2v) is 22.1. The number of aryl methyl sites for hydroxylation is 4. The van der Waals surface area contributed by atoms with Crippen LogP contribution in [-0.4, -0.2) is 64.2 Å². The van der Waals surface area contributed by atoms with Crippen molar-refractivity contribution in [2.75, 3.05) is 0 Å². The number of unbranched alkanes of at least 4 members (excludes halogenated alkanes) is 12. The van der Waals surface area contributed by atoms with Crippen LogP contribution in [0.2, 0.25) is 0 Å². The van der Waals surface area contributed by atoms with Crippen LogP contribution in [0, 0.1) is 0 Å². The summed E-state index contributed by atoms with van der Waals surface area (Å²) in [6, 6.07) is 25.3. The summed E-state index contributed by atoms with van der Waals surface area (Å²) < 4.78 is 8.81. The molecule has 2 aliphatic rings. The topological polar surface area (TPSA) is 222 Å². The molecule has 0 unspecified atom stereocenters. The molecule has 6 N–H and O–H groups in total. The lowest BCUT2D eigenvalue weighted by atomic mass is 10.0. The highest BCUT2D eigenvalue weighted by Gasteiger charge is 2.23. The Morgan fingerprint density at radius 1 is 0.321 bits per heavy atom. The average Bonchev–Trinajstić information content (AvgIpc) is 3.32. The third-order valence-electron chi connectivity index (χ3n) is 15.6. The molecule has 7 aromatic rings. The first-order valence-electron chi connectivity index (χ1n) is 30.0. The van der Waals surface area contributed by atoms with E-state index in [0.717, 1.165) is 193 Å². The number of nitrogens with zero attached hydrogens (tertiary/aromatic N) is 6. The summed E-state index contributed by atoms with van der Waals surface area (Å²) in [5, 5.41) is 36.8. The van der Waals surface area contributed by atoms with E-state index in [4.69, 9.17) is 9.97 Å². The predicted molar refractivity (Wildman–Crippen MR) is 324 cm³/mol. The number of hydrogen-bond acceptors (Lipinski definition) is 6. The van der Waals surface area contributed by atoms with Gasteiger partial charge in [0.15, 0.2) is 49.6 Å². The van der Waals surface area contributed by atoms with Crippen LogP contribution in [0.5, 0.6) is 0 Å². The maximum Gasteiger partial charge on any atom is 0.303 e. The standard InChI is InChI=1S/C68H74N8O8/c77-61(78)25-9-1-5-13-37-73-41-17-21-49(45-73)65-53-29-31-55(69-53)66(50-22-18-42-74(46-50)38-14-6-2-10-26-62(79)80)57-33-35-59(71-57)68(52-24-20-44-76(48-52)40-16-8-4-12-28-64(83)84)60-36-34-58(72-60)67(56-32-30-54(65)70-56)51-23-19-43-75(47-51)39-15-7-3-11-27-63(81)82/h17-24,29-36,41-48H,1-16,25-28,37-40H2,(H2-4,69,70,71,72,77,78,79,80,81,82,83,84)/p+4. The largest absolute Gasteiger partial charge is 0.481 e. The van der Waals surface area contributed by atoms with Gasteiger partial charge in [-0.3, -0.25) is 19.2 Å². The number of nitrogens with one attached hydrogen (secondary N) is 2. The van der Waals surface area contributed by atoms with Crippen LogP contribution in [0.1, 0.15) is 151 Å². The summed E-state index contributed by atoms with van der Waals surface area (Å²) in [4.78, 5) is 63.7. The first-order valence-corrected chi connectivity index (χ1v) is 30.0. The van der Waals surface area contributed by atoms with Crippen molar-refractivity contribution in [3.8, 4) is 44.5 Å². The maximum absolute atomic E-state index is 11.2. The predicted octanol–water partition coefficient (Wildman–Crippen LogP) is 12.6. The monoisotopic (exact) mass is 1130 g/mol. The van der Waals surface area contributed by atoms with Gasteiger partial charge in [-0.25, -0.2) is 28.2 Å². The van der Waals surface area contributed by atoms with Crippen molar-refractivity contribution >= 4 is 70.2 Å². The highest BCUT2D eigenvalue weighted by molar-refractivity contribution is 5.99. The van der Waals surface area contributed by atoms with Crippen LogP contribution in [0.3, 0.4) is 0 Å². The van der Waals surface area contributed by atoms with Crippen molar-refractivity contribution < 1.29 is 57.9 Å². The zero-order chi connectivity index (χ0) is 58.6. The van der Waals surface area contributed by atoms with Crippen molar-refractivity contribution in [3.63, 3.8) is 0 Å². The number of carboxylic acid groups (broad SMARTS) is 4. The number of aromatic nitrogens is 8. The number of aromatic amines is 2. The quantitative estimate of drug-likeness (QED) is 0.0173. The van der Waals surface area contributed by atoms with Crippen molar-refractivity contribution in [1.29, 1.82) is 0 Å².